The van der Waals surface area contributed by atoms with Gasteiger partial charge in [-0.3, -0.25) is 14.5 Å². The first-order valence-electron chi connectivity index (χ1n) is 8.02. The van der Waals surface area contributed by atoms with E-state index in [-0.39, 0.29) is 17.6 Å². The van der Waals surface area contributed by atoms with Crippen LogP contribution in [0.15, 0.2) is 18.3 Å². The van der Waals surface area contributed by atoms with Gasteiger partial charge in [0.15, 0.2) is 0 Å². The number of anilines is 1. The molecule has 2 heterocycles. The van der Waals surface area contributed by atoms with E-state index in [1.165, 1.54) is 31.5 Å². The molecule has 0 aromatic carbocycles. The number of morpholine rings is 1. The molecule has 7 heteroatoms. The van der Waals surface area contributed by atoms with Crippen molar-refractivity contribution < 1.29 is 14.3 Å². The highest BCUT2D eigenvalue weighted by atomic mass is 16.5. The number of hydrogen-bond donors (Lipinski definition) is 2. The maximum atomic E-state index is 12.5. The monoisotopic (exact) mass is 318 g/mol. The highest BCUT2D eigenvalue weighted by molar-refractivity contribution is 5.95. The molecule has 0 spiro atoms. The molecule has 0 bridgehead atoms. The Hall–Kier alpha value is -1.99. The summed E-state index contributed by atoms with van der Waals surface area (Å²) < 4.78 is 5.48. The van der Waals surface area contributed by atoms with Gasteiger partial charge in [-0.2, -0.15) is 0 Å². The van der Waals surface area contributed by atoms with Crippen LogP contribution in [0.1, 0.15) is 29.8 Å². The van der Waals surface area contributed by atoms with Gasteiger partial charge in [-0.25, -0.2) is 4.98 Å². The zero-order valence-corrected chi connectivity index (χ0v) is 13.0. The summed E-state index contributed by atoms with van der Waals surface area (Å²) in [5.74, 6) is 0.0211. The van der Waals surface area contributed by atoms with Crippen molar-refractivity contribution in [2.75, 3.05) is 31.6 Å². The number of rotatable bonds is 5. The van der Waals surface area contributed by atoms with Crippen LogP contribution in [0.4, 0.5) is 5.69 Å². The highest BCUT2D eigenvalue weighted by Crippen LogP contribution is 2.28. The first kappa shape index (κ1) is 15.9. The van der Waals surface area contributed by atoms with Gasteiger partial charge in [0.05, 0.1) is 25.1 Å². The topological polar surface area (TPSA) is 97.5 Å². The molecule has 1 aliphatic heterocycles. The molecule has 1 saturated carbocycles. The van der Waals surface area contributed by atoms with E-state index >= 15 is 0 Å². The maximum absolute atomic E-state index is 12.5. The lowest BCUT2D eigenvalue weighted by Crippen LogP contribution is -2.53. The van der Waals surface area contributed by atoms with Gasteiger partial charge in [0, 0.05) is 13.1 Å². The van der Waals surface area contributed by atoms with Crippen molar-refractivity contribution in [2.45, 2.75) is 25.3 Å². The Kier molecular flexibility index (Phi) is 4.88. The van der Waals surface area contributed by atoms with E-state index in [9.17, 15) is 9.59 Å². The maximum Gasteiger partial charge on any atom is 0.267 e. The minimum absolute atomic E-state index is 0.0994. The van der Waals surface area contributed by atoms with Gasteiger partial charge in [0.25, 0.3) is 5.91 Å². The Balaban J connectivity index is 1.61. The van der Waals surface area contributed by atoms with Crippen molar-refractivity contribution in [1.82, 2.24) is 9.88 Å². The van der Waals surface area contributed by atoms with E-state index in [2.05, 4.69) is 15.2 Å². The molecule has 1 saturated heterocycles. The van der Waals surface area contributed by atoms with E-state index in [1.54, 1.807) is 6.07 Å². The first-order valence-corrected chi connectivity index (χ1v) is 8.02. The molecule has 2 fully saturated rings. The Morgan fingerprint density at radius 3 is 2.83 bits per heavy atom. The van der Waals surface area contributed by atoms with Crippen LogP contribution in [-0.4, -0.2) is 54.0 Å². The minimum Gasteiger partial charge on any atom is -0.378 e. The fourth-order valence-electron chi connectivity index (χ4n) is 2.94. The number of nitrogens with zero attached hydrogens (tertiary/aromatic N) is 2. The number of hydrogen-bond acceptors (Lipinski definition) is 5. The van der Waals surface area contributed by atoms with Gasteiger partial charge in [-0.15, -0.1) is 0 Å². The van der Waals surface area contributed by atoms with Gasteiger partial charge in [-0.05, 0) is 30.9 Å². The van der Waals surface area contributed by atoms with Crippen LogP contribution in [0.5, 0.6) is 0 Å². The second-order valence-corrected chi connectivity index (χ2v) is 6.17. The van der Waals surface area contributed by atoms with Crippen molar-refractivity contribution in [3.8, 4) is 0 Å². The lowest BCUT2D eigenvalue weighted by molar-refractivity contribution is -0.128. The Morgan fingerprint density at radius 2 is 2.22 bits per heavy atom. The number of amides is 2. The third-order valence-electron chi connectivity index (χ3n) is 4.54. The molecule has 3 rings (SSSR count). The van der Waals surface area contributed by atoms with E-state index in [4.69, 9.17) is 10.5 Å². The van der Waals surface area contributed by atoms with Crippen LogP contribution in [0, 0.1) is 5.92 Å². The molecule has 1 aliphatic carbocycles. The van der Waals surface area contributed by atoms with Gasteiger partial charge < -0.3 is 15.8 Å². The van der Waals surface area contributed by atoms with Gasteiger partial charge >= 0.3 is 0 Å². The zero-order valence-electron chi connectivity index (χ0n) is 13.0. The fraction of sp³-hybridized carbons (Fsp3) is 0.562. The van der Waals surface area contributed by atoms with E-state index in [0.29, 0.717) is 24.8 Å². The van der Waals surface area contributed by atoms with Crippen LogP contribution < -0.4 is 11.1 Å². The van der Waals surface area contributed by atoms with Crippen molar-refractivity contribution in [1.29, 1.82) is 0 Å². The second-order valence-electron chi connectivity index (χ2n) is 6.17. The lowest BCUT2D eigenvalue weighted by atomic mass is 9.84. The zero-order chi connectivity index (χ0) is 16.2. The van der Waals surface area contributed by atoms with Crippen LogP contribution in [0.3, 0.4) is 0 Å². The predicted octanol–water partition coefficient (Wildman–Crippen LogP) is 0.620. The molecule has 124 valence electrons. The molecular formula is C16H22N4O3. The molecule has 23 heavy (non-hydrogen) atoms. The lowest BCUT2D eigenvalue weighted by Gasteiger charge is -2.39. The summed E-state index contributed by atoms with van der Waals surface area (Å²) in [4.78, 5) is 29.7. The van der Waals surface area contributed by atoms with Crippen LogP contribution in [0.25, 0.3) is 0 Å². The summed E-state index contributed by atoms with van der Waals surface area (Å²) in [6.45, 7) is 2.82. The third-order valence-corrected chi connectivity index (χ3v) is 4.54. The number of aromatic nitrogens is 1. The predicted molar refractivity (Wildman–Crippen MR) is 84.9 cm³/mol. The second kappa shape index (κ2) is 7.06. The van der Waals surface area contributed by atoms with Crippen LogP contribution in [0.2, 0.25) is 0 Å². The molecule has 7 nitrogen and oxygen atoms in total. The first-order chi connectivity index (χ1) is 11.1. The van der Waals surface area contributed by atoms with E-state index < -0.39 is 5.91 Å². The van der Waals surface area contributed by atoms with Crippen molar-refractivity contribution >= 4 is 17.5 Å². The standard InChI is InChI=1S/C16H22N4O3/c17-15(21)13-5-4-12(8-18-13)19-16(22)14-10-23-7-6-20(14)9-11-2-1-3-11/h4-5,8,11,14H,1-3,6-7,9-10H2,(H2,17,21)(H,19,22)/t14-/m1/s1. The normalized spacial score (nSPS) is 22.3. The highest BCUT2D eigenvalue weighted by Gasteiger charge is 2.32. The van der Waals surface area contributed by atoms with Crippen LogP contribution in [-0.2, 0) is 9.53 Å². The smallest absolute Gasteiger partial charge is 0.267 e. The minimum atomic E-state index is -0.588. The van der Waals surface area contributed by atoms with E-state index in [1.807, 2.05) is 0 Å². The number of nitrogens with one attached hydrogen (secondary N) is 1. The van der Waals surface area contributed by atoms with Gasteiger partial charge in [0.1, 0.15) is 11.7 Å². The molecule has 2 amide bonds. The number of primary amides is 1. The summed E-state index contributed by atoms with van der Waals surface area (Å²) in [6, 6.07) is 2.85. The summed E-state index contributed by atoms with van der Waals surface area (Å²) in [5.41, 5.74) is 5.88. The summed E-state index contributed by atoms with van der Waals surface area (Å²) in [7, 11) is 0. The largest absolute Gasteiger partial charge is 0.378 e. The molecule has 0 unspecified atom stereocenters. The average Bonchev–Trinajstić information content (AvgIpc) is 2.52. The number of pyridine rings is 1. The van der Waals surface area contributed by atoms with Gasteiger partial charge in [-0.1, -0.05) is 6.42 Å². The molecule has 1 aromatic heterocycles. The summed E-state index contributed by atoms with van der Waals surface area (Å²) in [5, 5.41) is 2.84. The molecule has 2 aliphatic rings. The summed E-state index contributed by atoms with van der Waals surface area (Å²) in [6.07, 6.45) is 5.25. The quantitative estimate of drug-likeness (QED) is 0.829. The SMILES string of the molecule is NC(=O)c1ccc(NC(=O)[C@H]2COCCN2CC2CCC2)cn1. The molecular weight excluding hydrogens is 296 g/mol. The van der Waals surface area contributed by atoms with Crippen molar-refractivity contribution in [3.05, 3.63) is 24.0 Å². The van der Waals surface area contributed by atoms with Crippen molar-refractivity contribution in [3.63, 3.8) is 0 Å². The molecule has 3 N–H and O–H groups in total. The number of nitrogens with two attached hydrogens (primary N) is 1. The Morgan fingerprint density at radius 1 is 1.39 bits per heavy atom. The van der Waals surface area contributed by atoms with Gasteiger partial charge in [0.2, 0.25) is 5.91 Å². The number of carbonyl (C=O) groups is 2. The average molecular weight is 318 g/mol. The fourth-order valence-corrected chi connectivity index (χ4v) is 2.94. The Bertz CT molecular complexity index is 571. The number of carbonyl (C=O) groups excluding carboxylic acids is 2. The van der Waals surface area contributed by atoms with Crippen molar-refractivity contribution in [2.24, 2.45) is 11.7 Å². The Labute approximate surface area is 135 Å². The summed E-state index contributed by atoms with van der Waals surface area (Å²) >= 11 is 0. The molecule has 1 atom stereocenters. The molecule has 1 aromatic rings. The third kappa shape index (κ3) is 3.86. The van der Waals surface area contributed by atoms with Crippen LogP contribution >= 0.6 is 0 Å². The van der Waals surface area contributed by atoms with E-state index in [0.717, 1.165) is 13.1 Å². The number of ether oxygens (including phenoxy) is 1. The molecule has 0 radical (unpaired) electrons.